The van der Waals surface area contributed by atoms with Crippen molar-refractivity contribution in [2.75, 3.05) is 0 Å². The van der Waals surface area contributed by atoms with E-state index in [2.05, 4.69) is 5.32 Å². The maximum atomic E-state index is 13.4. The molecule has 0 atom stereocenters. The van der Waals surface area contributed by atoms with Gasteiger partial charge in [0.25, 0.3) is 5.91 Å². The van der Waals surface area contributed by atoms with Crippen molar-refractivity contribution in [1.29, 1.82) is 5.26 Å². The molecule has 1 aliphatic carbocycles. The van der Waals surface area contributed by atoms with E-state index in [0.717, 1.165) is 25.0 Å². The zero-order chi connectivity index (χ0) is 13.2. The molecular weight excluding hydrogens is 238 g/mol. The third kappa shape index (κ3) is 2.19. The highest BCUT2D eigenvalue weighted by molar-refractivity contribution is 5.95. The van der Waals surface area contributed by atoms with Crippen LogP contribution >= 0.6 is 0 Å². The van der Waals surface area contributed by atoms with E-state index in [1.165, 1.54) is 6.07 Å². The number of hydrogen-bond donors (Lipinski definition) is 1. The van der Waals surface area contributed by atoms with Gasteiger partial charge in [0.2, 0.25) is 0 Å². The van der Waals surface area contributed by atoms with Crippen LogP contribution in [-0.4, -0.2) is 11.4 Å². The van der Waals surface area contributed by atoms with E-state index in [0.29, 0.717) is 12.8 Å². The highest BCUT2D eigenvalue weighted by atomic mass is 19.1. The molecule has 1 amide bonds. The summed E-state index contributed by atoms with van der Waals surface area (Å²) in [4.78, 5) is 11.9. The standard InChI is InChI=1S/C13H12F2N2O/c14-9-4-3-5-10(15)11(9)12(18)17-13(8-16)6-1-2-7-13/h3-5H,1-2,6-7H2,(H,17,18). The molecule has 1 fully saturated rings. The second-order valence-corrected chi connectivity index (χ2v) is 4.45. The first-order chi connectivity index (χ1) is 8.58. The number of benzene rings is 1. The SMILES string of the molecule is N#CC1(NC(=O)c2c(F)cccc2F)CCCC1. The molecule has 1 N–H and O–H groups in total. The van der Waals surface area contributed by atoms with Gasteiger partial charge in [-0.25, -0.2) is 8.78 Å². The summed E-state index contributed by atoms with van der Waals surface area (Å²) in [6.07, 6.45) is 2.69. The minimum absolute atomic E-state index is 0.519. The van der Waals surface area contributed by atoms with Crippen molar-refractivity contribution in [1.82, 2.24) is 5.32 Å². The zero-order valence-corrected chi connectivity index (χ0v) is 9.67. The van der Waals surface area contributed by atoms with Crippen LogP contribution < -0.4 is 5.32 Å². The lowest BCUT2D eigenvalue weighted by Crippen LogP contribution is -2.45. The van der Waals surface area contributed by atoms with E-state index < -0.39 is 28.6 Å². The summed E-state index contributed by atoms with van der Waals surface area (Å²) in [5.41, 5.74) is -1.61. The molecule has 0 unspecified atom stereocenters. The van der Waals surface area contributed by atoms with Crippen LogP contribution in [-0.2, 0) is 0 Å². The van der Waals surface area contributed by atoms with Crippen LogP contribution in [0.1, 0.15) is 36.0 Å². The number of hydrogen-bond acceptors (Lipinski definition) is 2. The highest BCUT2D eigenvalue weighted by Crippen LogP contribution is 2.29. The first kappa shape index (κ1) is 12.5. The van der Waals surface area contributed by atoms with Gasteiger partial charge in [0.1, 0.15) is 22.7 Å². The molecule has 2 rings (SSSR count). The minimum Gasteiger partial charge on any atom is -0.334 e. The van der Waals surface area contributed by atoms with Gasteiger partial charge in [-0.15, -0.1) is 0 Å². The Hall–Kier alpha value is -1.96. The molecule has 0 spiro atoms. The van der Waals surface area contributed by atoms with Gasteiger partial charge >= 0.3 is 0 Å². The number of amides is 1. The number of nitrogens with zero attached hydrogens (tertiary/aromatic N) is 1. The molecule has 0 aliphatic heterocycles. The molecule has 5 heteroatoms. The lowest BCUT2D eigenvalue weighted by Gasteiger charge is -2.22. The number of nitrogens with one attached hydrogen (secondary N) is 1. The molecule has 0 radical (unpaired) electrons. The first-order valence-electron chi connectivity index (χ1n) is 5.76. The van der Waals surface area contributed by atoms with Crippen molar-refractivity contribution < 1.29 is 13.6 Å². The first-order valence-corrected chi connectivity index (χ1v) is 5.76. The Morgan fingerprint density at radius 3 is 2.33 bits per heavy atom. The summed E-state index contributed by atoms with van der Waals surface area (Å²) >= 11 is 0. The summed E-state index contributed by atoms with van der Waals surface area (Å²) in [5, 5.41) is 11.6. The second kappa shape index (κ2) is 4.73. The molecule has 0 saturated heterocycles. The van der Waals surface area contributed by atoms with E-state index in [4.69, 9.17) is 5.26 Å². The highest BCUT2D eigenvalue weighted by Gasteiger charge is 2.36. The summed E-state index contributed by atoms with van der Waals surface area (Å²) < 4.78 is 26.8. The lowest BCUT2D eigenvalue weighted by atomic mass is 9.99. The number of carbonyl (C=O) groups excluding carboxylic acids is 1. The molecule has 94 valence electrons. The number of halogens is 2. The predicted octanol–water partition coefficient (Wildman–Crippen LogP) is 2.53. The summed E-state index contributed by atoms with van der Waals surface area (Å²) in [6, 6.07) is 5.27. The fourth-order valence-electron chi connectivity index (χ4n) is 2.24. The molecular formula is C13H12F2N2O. The van der Waals surface area contributed by atoms with Crippen LogP contribution in [0.2, 0.25) is 0 Å². The van der Waals surface area contributed by atoms with Crippen LogP contribution in [0.3, 0.4) is 0 Å². The van der Waals surface area contributed by atoms with Crippen molar-refractivity contribution in [2.24, 2.45) is 0 Å². The van der Waals surface area contributed by atoms with Gasteiger partial charge in [0, 0.05) is 0 Å². The molecule has 0 bridgehead atoms. The van der Waals surface area contributed by atoms with Gasteiger partial charge in [0.15, 0.2) is 0 Å². The van der Waals surface area contributed by atoms with Gasteiger partial charge in [-0.1, -0.05) is 6.07 Å². The summed E-state index contributed by atoms with van der Waals surface area (Å²) in [6.45, 7) is 0. The zero-order valence-electron chi connectivity index (χ0n) is 9.67. The summed E-state index contributed by atoms with van der Waals surface area (Å²) in [5.74, 6) is -2.70. The van der Waals surface area contributed by atoms with E-state index in [-0.39, 0.29) is 0 Å². The van der Waals surface area contributed by atoms with Gasteiger partial charge in [0.05, 0.1) is 6.07 Å². The smallest absolute Gasteiger partial charge is 0.258 e. The monoisotopic (exact) mass is 250 g/mol. The van der Waals surface area contributed by atoms with Crippen molar-refractivity contribution in [2.45, 2.75) is 31.2 Å². The Balaban J connectivity index is 2.25. The van der Waals surface area contributed by atoms with E-state index in [1.54, 1.807) is 0 Å². The normalized spacial score (nSPS) is 17.2. The molecule has 0 heterocycles. The molecule has 3 nitrogen and oxygen atoms in total. The van der Waals surface area contributed by atoms with E-state index in [9.17, 15) is 13.6 Å². The number of rotatable bonds is 2. The van der Waals surface area contributed by atoms with E-state index >= 15 is 0 Å². The van der Waals surface area contributed by atoms with Crippen molar-refractivity contribution in [3.8, 4) is 6.07 Å². The molecule has 1 aromatic rings. The number of nitriles is 1. The van der Waals surface area contributed by atoms with Gasteiger partial charge in [-0.2, -0.15) is 5.26 Å². The topological polar surface area (TPSA) is 52.9 Å². The Morgan fingerprint density at radius 2 is 1.83 bits per heavy atom. The second-order valence-electron chi connectivity index (χ2n) is 4.45. The van der Waals surface area contributed by atoms with Gasteiger partial charge < -0.3 is 5.32 Å². The molecule has 1 saturated carbocycles. The van der Waals surface area contributed by atoms with Crippen LogP contribution in [0.25, 0.3) is 0 Å². The summed E-state index contributed by atoms with van der Waals surface area (Å²) in [7, 11) is 0. The maximum Gasteiger partial charge on any atom is 0.258 e. The van der Waals surface area contributed by atoms with Crippen molar-refractivity contribution in [3.05, 3.63) is 35.4 Å². The molecule has 0 aromatic heterocycles. The largest absolute Gasteiger partial charge is 0.334 e. The minimum atomic E-state index is -0.980. The van der Waals surface area contributed by atoms with Gasteiger partial charge in [-0.3, -0.25) is 4.79 Å². The molecule has 1 aliphatic rings. The van der Waals surface area contributed by atoms with Crippen molar-refractivity contribution in [3.63, 3.8) is 0 Å². The quantitative estimate of drug-likeness (QED) is 0.876. The third-order valence-corrected chi connectivity index (χ3v) is 3.21. The lowest BCUT2D eigenvalue weighted by molar-refractivity contribution is 0.0912. The Labute approximate surface area is 103 Å². The van der Waals surface area contributed by atoms with Crippen LogP contribution in [0.15, 0.2) is 18.2 Å². The van der Waals surface area contributed by atoms with Gasteiger partial charge in [-0.05, 0) is 37.8 Å². The van der Waals surface area contributed by atoms with E-state index in [1.807, 2.05) is 6.07 Å². The predicted molar refractivity (Wildman–Crippen MR) is 60.6 cm³/mol. The Morgan fingerprint density at radius 1 is 1.28 bits per heavy atom. The fraction of sp³-hybridized carbons (Fsp3) is 0.385. The molecule has 18 heavy (non-hydrogen) atoms. The Bertz CT molecular complexity index is 496. The number of carbonyl (C=O) groups is 1. The van der Waals surface area contributed by atoms with Crippen LogP contribution in [0, 0.1) is 23.0 Å². The fourth-order valence-corrected chi connectivity index (χ4v) is 2.24. The maximum absolute atomic E-state index is 13.4. The Kier molecular flexibility index (Phi) is 3.28. The third-order valence-electron chi connectivity index (χ3n) is 3.21. The average molecular weight is 250 g/mol. The van der Waals surface area contributed by atoms with Crippen molar-refractivity contribution >= 4 is 5.91 Å². The molecule has 1 aromatic carbocycles. The van der Waals surface area contributed by atoms with Crippen LogP contribution in [0.4, 0.5) is 8.78 Å². The average Bonchev–Trinajstić information content (AvgIpc) is 2.78. The van der Waals surface area contributed by atoms with Crippen LogP contribution in [0.5, 0.6) is 0 Å².